The third-order valence-electron chi connectivity index (χ3n) is 2.90. The van der Waals surface area contributed by atoms with Gasteiger partial charge in [-0.15, -0.1) is 0 Å². The number of benzene rings is 1. The number of hydrogen-bond donors (Lipinski definition) is 1. The van der Waals surface area contributed by atoms with E-state index < -0.39 is 6.10 Å². The maximum Gasteiger partial charge on any atom is 0.159 e. The molecule has 0 radical (unpaired) electrons. The predicted octanol–water partition coefficient (Wildman–Crippen LogP) is 3.60. The van der Waals surface area contributed by atoms with Gasteiger partial charge in [-0.3, -0.25) is 0 Å². The van der Waals surface area contributed by atoms with Crippen LogP contribution in [0.5, 0.6) is 5.75 Å². The Hall–Kier alpha value is -1.26. The van der Waals surface area contributed by atoms with Crippen molar-refractivity contribution in [3.63, 3.8) is 0 Å². The minimum atomic E-state index is -0.512. The molecule has 88 valence electrons. The van der Waals surface area contributed by atoms with E-state index in [0.717, 1.165) is 15.8 Å². The number of aliphatic hydroxyl groups excluding tert-OH is 1. The molecule has 2 aromatic rings. The van der Waals surface area contributed by atoms with E-state index in [2.05, 4.69) is 15.9 Å². The van der Waals surface area contributed by atoms with Gasteiger partial charge in [0, 0.05) is 16.5 Å². The highest BCUT2D eigenvalue weighted by Crippen LogP contribution is 2.41. The average Bonchev–Trinajstić information content (AvgIpc) is 2.81. The van der Waals surface area contributed by atoms with Crippen LogP contribution in [0.1, 0.15) is 30.0 Å². The first kappa shape index (κ1) is 10.9. The normalized spacial score (nSPS) is 22.9. The first-order valence-corrected chi connectivity index (χ1v) is 6.21. The zero-order valence-corrected chi connectivity index (χ0v) is 10.6. The van der Waals surface area contributed by atoms with Crippen molar-refractivity contribution in [2.45, 2.75) is 18.6 Å². The highest BCUT2D eigenvalue weighted by molar-refractivity contribution is 9.10. The Bertz CT molecular complexity index is 521. The number of fused-ring (bicyclic) bond motifs is 1. The maximum atomic E-state index is 10.1. The van der Waals surface area contributed by atoms with Gasteiger partial charge < -0.3 is 14.3 Å². The van der Waals surface area contributed by atoms with Gasteiger partial charge in [0.15, 0.2) is 6.10 Å². The molecule has 3 rings (SSSR count). The lowest BCUT2D eigenvalue weighted by molar-refractivity contribution is 0.0546. The van der Waals surface area contributed by atoms with Gasteiger partial charge in [0.2, 0.25) is 0 Å². The molecule has 3 nitrogen and oxygen atoms in total. The summed E-state index contributed by atoms with van der Waals surface area (Å²) < 4.78 is 12.1. The summed E-state index contributed by atoms with van der Waals surface area (Å²) in [4.78, 5) is 0. The van der Waals surface area contributed by atoms with Crippen molar-refractivity contribution in [3.8, 4) is 5.75 Å². The fourth-order valence-corrected chi connectivity index (χ4v) is 2.41. The zero-order chi connectivity index (χ0) is 11.8. The summed E-state index contributed by atoms with van der Waals surface area (Å²) in [6.45, 7) is 0. The third kappa shape index (κ3) is 1.98. The van der Waals surface area contributed by atoms with Crippen molar-refractivity contribution in [1.29, 1.82) is 0 Å². The van der Waals surface area contributed by atoms with Crippen LogP contribution in [0.25, 0.3) is 0 Å². The van der Waals surface area contributed by atoms with Gasteiger partial charge in [-0.05, 0) is 24.3 Å². The molecule has 0 fully saturated rings. The largest absolute Gasteiger partial charge is 0.482 e. The number of rotatable bonds is 1. The third-order valence-corrected chi connectivity index (χ3v) is 3.39. The highest BCUT2D eigenvalue weighted by Gasteiger charge is 2.29. The minimum absolute atomic E-state index is 0.221. The Kier molecular flexibility index (Phi) is 2.68. The average molecular weight is 295 g/mol. The van der Waals surface area contributed by atoms with Gasteiger partial charge >= 0.3 is 0 Å². The number of aliphatic hydroxyl groups is 1. The molecule has 0 saturated heterocycles. The first-order valence-electron chi connectivity index (χ1n) is 5.41. The molecule has 1 aromatic heterocycles. The molecule has 2 heterocycles. The molecule has 4 heteroatoms. The summed E-state index contributed by atoms with van der Waals surface area (Å²) in [6.07, 6.45) is 1.40. The lowest BCUT2D eigenvalue weighted by Gasteiger charge is -2.28. The lowest BCUT2D eigenvalue weighted by Crippen LogP contribution is -2.18. The van der Waals surface area contributed by atoms with Crippen LogP contribution in [0.15, 0.2) is 45.5 Å². The van der Waals surface area contributed by atoms with E-state index in [1.54, 1.807) is 6.26 Å². The number of furan rings is 1. The molecule has 1 aromatic carbocycles. The van der Waals surface area contributed by atoms with Gasteiger partial charge in [-0.2, -0.15) is 0 Å². The molecule has 2 atom stereocenters. The molecular weight excluding hydrogens is 284 g/mol. The van der Waals surface area contributed by atoms with Crippen molar-refractivity contribution >= 4 is 15.9 Å². The molecular formula is C13H11BrO3. The summed E-state index contributed by atoms with van der Waals surface area (Å²) in [7, 11) is 0. The van der Waals surface area contributed by atoms with Gasteiger partial charge in [-0.1, -0.05) is 22.0 Å². The molecule has 1 aliphatic heterocycles. The Balaban J connectivity index is 1.97. The van der Waals surface area contributed by atoms with Crippen LogP contribution in [0.2, 0.25) is 0 Å². The van der Waals surface area contributed by atoms with Gasteiger partial charge in [0.05, 0.1) is 12.4 Å². The molecule has 1 aliphatic rings. The molecule has 0 bridgehead atoms. The maximum absolute atomic E-state index is 10.1. The Labute approximate surface area is 107 Å². The van der Waals surface area contributed by atoms with Crippen molar-refractivity contribution in [2.75, 3.05) is 0 Å². The van der Waals surface area contributed by atoms with Crippen LogP contribution in [0.4, 0.5) is 0 Å². The second kappa shape index (κ2) is 4.20. The molecule has 0 aliphatic carbocycles. The van der Waals surface area contributed by atoms with E-state index >= 15 is 0 Å². The molecule has 17 heavy (non-hydrogen) atoms. The van der Waals surface area contributed by atoms with E-state index in [1.807, 2.05) is 30.3 Å². The Morgan fingerprint density at radius 3 is 2.94 bits per heavy atom. The summed E-state index contributed by atoms with van der Waals surface area (Å²) in [6, 6.07) is 9.33. The van der Waals surface area contributed by atoms with Crippen LogP contribution in [0.3, 0.4) is 0 Å². The second-order valence-electron chi connectivity index (χ2n) is 4.06. The van der Waals surface area contributed by atoms with Gasteiger partial charge in [-0.25, -0.2) is 0 Å². The number of hydrogen-bond acceptors (Lipinski definition) is 3. The van der Waals surface area contributed by atoms with Crippen LogP contribution in [-0.4, -0.2) is 5.11 Å². The molecule has 0 saturated carbocycles. The first-order chi connectivity index (χ1) is 8.24. The van der Waals surface area contributed by atoms with Crippen LogP contribution < -0.4 is 4.74 Å². The summed E-state index contributed by atoms with van der Waals surface area (Å²) in [5, 5.41) is 10.1. The van der Waals surface area contributed by atoms with Gasteiger partial charge in [0.1, 0.15) is 11.5 Å². The molecule has 1 N–H and O–H groups in total. The Morgan fingerprint density at radius 1 is 1.29 bits per heavy atom. The topological polar surface area (TPSA) is 42.6 Å². The highest BCUT2D eigenvalue weighted by atomic mass is 79.9. The molecule has 0 unspecified atom stereocenters. The number of halogens is 1. The second-order valence-corrected chi connectivity index (χ2v) is 4.97. The Morgan fingerprint density at radius 2 is 2.18 bits per heavy atom. The summed E-state index contributed by atoms with van der Waals surface area (Å²) in [5.41, 5.74) is 0.830. The lowest BCUT2D eigenvalue weighted by atomic mass is 9.98. The van der Waals surface area contributed by atoms with Crippen LogP contribution in [0, 0.1) is 0 Å². The van der Waals surface area contributed by atoms with E-state index in [1.165, 1.54) is 0 Å². The van der Waals surface area contributed by atoms with E-state index in [4.69, 9.17) is 9.15 Å². The fraction of sp³-hybridized carbons (Fsp3) is 0.231. The molecule has 0 spiro atoms. The number of ether oxygens (including phenoxy) is 1. The van der Waals surface area contributed by atoms with Crippen molar-refractivity contribution < 1.29 is 14.3 Å². The fourth-order valence-electron chi connectivity index (χ4n) is 2.07. The predicted molar refractivity (Wildman–Crippen MR) is 65.8 cm³/mol. The van der Waals surface area contributed by atoms with Crippen molar-refractivity contribution in [3.05, 3.63) is 52.4 Å². The van der Waals surface area contributed by atoms with Gasteiger partial charge in [0.25, 0.3) is 0 Å². The SMILES string of the molecule is O[C@H]1C[C@H](c2ccco2)Oc2cc(Br)ccc21. The van der Waals surface area contributed by atoms with E-state index in [9.17, 15) is 5.11 Å². The van der Waals surface area contributed by atoms with E-state index in [0.29, 0.717) is 12.2 Å². The van der Waals surface area contributed by atoms with Crippen LogP contribution in [-0.2, 0) is 0 Å². The molecule has 0 amide bonds. The summed E-state index contributed by atoms with van der Waals surface area (Å²) >= 11 is 3.39. The minimum Gasteiger partial charge on any atom is -0.482 e. The quantitative estimate of drug-likeness (QED) is 0.874. The van der Waals surface area contributed by atoms with Crippen molar-refractivity contribution in [2.24, 2.45) is 0 Å². The zero-order valence-electron chi connectivity index (χ0n) is 8.97. The monoisotopic (exact) mass is 294 g/mol. The van der Waals surface area contributed by atoms with Crippen LogP contribution >= 0.6 is 15.9 Å². The standard InChI is InChI=1S/C13H11BrO3/c14-8-3-4-9-10(15)7-13(17-12(9)6-8)11-2-1-5-16-11/h1-6,10,13,15H,7H2/t10-,13+/m0/s1. The smallest absolute Gasteiger partial charge is 0.159 e. The van der Waals surface area contributed by atoms with E-state index in [-0.39, 0.29) is 6.10 Å². The van der Waals surface area contributed by atoms with Crippen molar-refractivity contribution in [1.82, 2.24) is 0 Å². The summed E-state index contributed by atoms with van der Waals surface area (Å²) in [5.74, 6) is 1.45.